The molecule has 0 bridgehead atoms. The highest BCUT2D eigenvalue weighted by molar-refractivity contribution is 7.98. The molecule has 0 saturated carbocycles. The summed E-state index contributed by atoms with van der Waals surface area (Å²) in [4.78, 5) is 44.9. The number of nitrogens with one attached hydrogen (secondary N) is 3. The molecule has 2 aromatic carbocycles. The van der Waals surface area contributed by atoms with Crippen molar-refractivity contribution in [2.45, 2.75) is 37.1 Å². The van der Waals surface area contributed by atoms with E-state index in [1.807, 2.05) is 61.0 Å². The molecule has 190 valence electrons. The molecular weight excluding hydrogens is 476 g/mol. The molecule has 3 amide bonds. The van der Waals surface area contributed by atoms with E-state index in [2.05, 4.69) is 15.6 Å². The molecule has 1 aliphatic rings. The van der Waals surface area contributed by atoms with E-state index in [-0.39, 0.29) is 17.8 Å². The zero-order chi connectivity index (χ0) is 25.5. The molecule has 9 heteroatoms. The highest BCUT2D eigenvalue weighted by Gasteiger charge is 2.33. The van der Waals surface area contributed by atoms with Crippen LogP contribution in [0.5, 0.6) is 0 Å². The largest absolute Gasteiger partial charge is 0.466 e. The summed E-state index contributed by atoms with van der Waals surface area (Å²) in [6.45, 7) is 2.92. The number of para-hydroxylation sites is 1. The second-order valence-corrected chi connectivity index (χ2v) is 9.70. The Hall–Kier alpha value is -3.46. The van der Waals surface area contributed by atoms with E-state index >= 15 is 0 Å². The smallest absolute Gasteiger partial charge is 0.319 e. The maximum Gasteiger partial charge on any atom is 0.319 e. The summed E-state index contributed by atoms with van der Waals surface area (Å²) in [7, 11) is 0. The third kappa shape index (κ3) is 6.20. The molecule has 1 saturated heterocycles. The van der Waals surface area contributed by atoms with E-state index < -0.39 is 12.1 Å². The van der Waals surface area contributed by atoms with Gasteiger partial charge in [-0.05, 0) is 61.9 Å². The summed E-state index contributed by atoms with van der Waals surface area (Å²) in [5.74, 6) is -0.829. The van der Waals surface area contributed by atoms with Gasteiger partial charge in [-0.15, -0.1) is 11.8 Å². The lowest BCUT2D eigenvalue weighted by atomic mass is 9.96. The number of nitrogens with zero attached hydrogens (tertiary/aromatic N) is 1. The van der Waals surface area contributed by atoms with Gasteiger partial charge in [-0.25, -0.2) is 4.79 Å². The number of anilines is 1. The Morgan fingerprint density at radius 2 is 1.94 bits per heavy atom. The van der Waals surface area contributed by atoms with Gasteiger partial charge in [0.15, 0.2) is 0 Å². The molecule has 0 aliphatic carbocycles. The van der Waals surface area contributed by atoms with E-state index in [9.17, 15) is 14.4 Å². The van der Waals surface area contributed by atoms with Crippen LogP contribution in [-0.2, 0) is 20.7 Å². The highest BCUT2D eigenvalue weighted by Crippen LogP contribution is 2.23. The molecule has 0 spiro atoms. The minimum absolute atomic E-state index is 0.206. The summed E-state index contributed by atoms with van der Waals surface area (Å²) < 4.78 is 5.19. The van der Waals surface area contributed by atoms with Crippen molar-refractivity contribution in [3.8, 4) is 0 Å². The molecule has 1 aliphatic heterocycles. The zero-order valence-corrected chi connectivity index (χ0v) is 21.4. The number of esters is 1. The van der Waals surface area contributed by atoms with Gasteiger partial charge >= 0.3 is 12.0 Å². The van der Waals surface area contributed by atoms with Gasteiger partial charge in [-0.3, -0.25) is 9.59 Å². The predicted octanol–water partition coefficient (Wildman–Crippen LogP) is 4.42. The van der Waals surface area contributed by atoms with Crippen molar-refractivity contribution < 1.29 is 19.1 Å². The fourth-order valence-corrected chi connectivity index (χ4v) is 4.98. The van der Waals surface area contributed by atoms with Crippen LogP contribution < -0.4 is 10.6 Å². The number of fused-ring (bicyclic) bond motifs is 1. The second-order valence-electron chi connectivity index (χ2n) is 8.82. The standard InChI is InChI=1S/C27H32N4O4S/c1-3-35-26(33)18-7-6-14-31(17-18)25(32)24(15-19-16-28-23-9-5-4-8-22(19)23)30-27(34)29-20-10-12-21(36-2)13-11-20/h4-5,8-13,16,18,24,28H,3,6-7,14-15,17H2,1-2H3,(H2,29,30,34). The number of hydrogen-bond acceptors (Lipinski definition) is 5. The van der Waals surface area contributed by atoms with E-state index in [1.54, 1.807) is 23.6 Å². The number of aromatic amines is 1. The topological polar surface area (TPSA) is 104 Å². The number of urea groups is 1. The Kier molecular flexibility index (Phi) is 8.53. The van der Waals surface area contributed by atoms with Gasteiger partial charge in [0, 0.05) is 47.2 Å². The normalized spacial score (nSPS) is 16.4. The molecule has 2 atom stereocenters. The van der Waals surface area contributed by atoms with Crippen LogP contribution in [0.15, 0.2) is 59.6 Å². The van der Waals surface area contributed by atoms with Crippen LogP contribution in [0.4, 0.5) is 10.5 Å². The first kappa shape index (κ1) is 25.6. The quantitative estimate of drug-likeness (QED) is 0.309. The summed E-state index contributed by atoms with van der Waals surface area (Å²) in [5, 5.41) is 6.72. The van der Waals surface area contributed by atoms with Gasteiger partial charge in [0.25, 0.3) is 0 Å². The SMILES string of the molecule is CCOC(=O)C1CCCN(C(=O)C(Cc2c[nH]c3ccccc23)NC(=O)Nc2ccc(SC)cc2)C1. The first-order chi connectivity index (χ1) is 17.5. The van der Waals surface area contributed by atoms with Crippen LogP contribution in [-0.4, -0.2) is 59.8 Å². The molecule has 36 heavy (non-hydrogen) atoms. The number of amides is 3. The molecule has 4 rings (SSSR count). The van der Waals surface area contributed by atoms with Crippen LogP contribution in [0.1, 0.15) is 25.3 Å². The lowest BCUT2D eigenvalue weighted by Gasteiger charge is -2.34. The number of aromatic nitrogens is 1. The van der Waals surface area contributed by atoms with E-state index in [0.29, 0.717) is 44.6 Å². The van der Waals surface area contributed by atoms with Crippen molar-refractivity contribution in [3.63, 3.8) is 0 Å². The first-order valence-corrected chi connectivity index (χ1v) is 13.4. The Morgan fingerprint density at radius 3 is 2.69 bits per heavy atom. The van der Waals surface area contributed by atoms with Crippen LogP contribution >= 0.6 is 11.8 Å². The van der Waals surface area contributed by atoms with E-state index in [0.717, 1.165) is 21.4 Å². The Labute approximate surface area is 215 Å². The summed E-state index contributed by atoms with van der Waals surface area (Å²) in [6.07, 6.45) is 5.59. The minimum atomic E-state index is -0.796. The van der Waals surface area contributed by atoms with Crippen LogP contribution in [0.3, 0.4) is 0 Å². The lowest BCUT2D eigenvalue weighted by molar-refractivity contribution is -0.151. The average Bonchev–Trinajstić information content (AvgIpc) is 3.31. The monoisotopic (exact) mass is 508 g/mol. The van der Waals surface area contributed by atoms with Crippen LogP contribution in [0.25, 0.3) is 10.9 Å². The number of carbonyl (C=O) groups is 3. The van der Waals surface area contributed by atoms with E-state index in [4.69, 9.17) is 4.74 Å². The third-order valence-corrected chi connectivity index (χ3v) is 7.15. The number of benzene rings is 2. The number of hydrogen-bond donors (Lipinski definition) is 3. The zero-order valence-electron chi connectivity index (χ0n) is 20.6. The molecule has 1 aromatic heterocycles. The van der Waals surface area contributed by atoms with Crippen LogP contribution in [0.2, 0.25) is 0 Å². The molecule has 3 aromatic rings. The fourth-order valence-electron chi connectivity index (χ4n) is 4.57. The molecule has 2 unspecified atom stereocenters. The number of rotatable bonds is 8. The first-order valence-electron chi connectivity index (χ1n) is 12.2. The van der Waals surface area contributed by atoms with Crippen molar-refractivity contribution in [2.24, 2.45) is 5.92 Å². The van der Waals surface area contributed by atoms with Crippen molar-refractivity contribution in [3.05, 3.63) is 60.3 Å². The van der Waals surface area contributed by atoms with Gasteiger partial charge in [-0.2, -0.15) is 0 Å². The molecule has 8 nitrogen and oxygen atoms in total. The van der Waals surface area contributed by atoms with Gasteiger partial charge in [0.2, 0.25) is 5.91 Å². The third-order valence-electron chi connectivity index (χ3n) is 6.40. The van der Waals surface area contributed by atoms with Crippen molar-refractivity contribution in [2.75, 3.05) is 31.3 Å². The number of ether oxygens (including phenoxy) is 1. The lowest BCUT2D eigenvalue weighted by Crippen LogP contribution is -2.53. The number of piperidine rings is 1. The molecular formula is C27H32N4O4S. The summed E-state index contributed by atoms with van der Waals surface area (Å²) >= 11 is 1.62. The van der Waals surface area contributed by atoms with Gasteiger partial charge in [0.1, 0.15) is 6.04 Å². The van der Waals surface area contributed by atoms with Crippen molar-refractivity contribution in [1.82, 2.24) is 15.2 Å². The molecule has 2 heterocycles. The molecule has 1 fully saturated rings. The Bertz CT molecular complexity index is 1210. The molecule has 0 radical (unpaired) electrons. The maximum absolute atomic E-state index is 13.7. The number of H-pyrrole nitrogens is 1. The van der Waals surface area contributed by atoms with Gasteiger partial charge < -0.3 is 25.3 Å². The maximum atomic E-state index is 13.7. The Morgan fingerprint density at radius 1 is 1.17 bits per heavy atom. The van der Waals surface area contributed by atoms with Crippen molar-refractivity contribution >= 4 is 46.3 Å². The summed E-state index contributed by atoms with van der Waals surface area (Å²) in [6, 6.07) is 14.1. The minimum Gasteiger partial charge on any atom is -0.466 e. The van der Waals surface area contributed by atoms with Crippen LogP contribution in [0, 0.1) is 5.92 Å². The number of carbonyl (C=O) groups excluding carboxylic acids is 3. The van der Waals surface area contributed by atoms with Gasteiger partial charge in [-0.1, -0.05) is 18.2 Å². The summed E-state index contributed by atoms with van der Waals surface area (Å²) in [5.41, 5.74) is 2.55. The average molecular weight is 509 g/mol. The van der Waals surface area contributed by atoms with Crippen molar-refractivity contribution in [1.29, 1.82) is 0 Å². The second kappa shape index (κ2) is 12.0. The number of thioether (sulfide) groups is 1. The molecule has 3 N–H and O–H groups in total. The fraction of sp³-hybridized carbons (Fsp3) is 0.370. The number of likely N-dealkylation sites (tertiary alicyclic amines) is 1. The van der Waals surface area contributed by atoms with E-state index in [1.165, 1.54) is 0 Å². The highest BCUT2D eigenvalue weighted by atomic mass is 32.2. The Balaban J connectivity index is 1.52. The predicted molar refractivity (Wildman–Crippen MR) is 142 cm³/mol. The van der Waals surface area contributed by atoms with Gasteiger partial charge in [0.05, 0.1) is 12.5 Å².